The summed E-state index contributed by atoms with van der Waals surface area (Å²) >= 11 is 0. The Morgan fingerprint density at radius 3 is 2.07 bits per heavy atom. The van der Waals surface area contributed by atoms with Crippen LogP contribution >= 0.6 is 0 Å². The molecule has 0 aliphatic carbocycles. The van der Waals surface area contributed by atoms with Crippen LogP contribution in [0.15, 0.2) is 48.5 Å². The molecule has 0 aromatic heterocycles. The quantitative estimate of drug-likeness (QED) is 0.643. The lowest BCUT2D eigenvalue weighted by Gasteiger charge is -2.33. The molecule has 0 spiro atoms. The highest BCUT2D eigenvalue weighted by molar-refractivity contribution is 5.30. The minimum atomic E-state index is -0.689. The topological polar surface area (TPSA) is 54.1 Å². The number of rotatable bonds is 8. The van der Waals surface area contributed by atoms with Crippen LogP contribution < -0.4 is 4.90 Å². The Bertz CT molecular complexity index is 678. The van der Waals surface area contributed by atoms with Crippen molar-refractivity contribution in [3.05, 3.63) is 71.3 Å². The maximum absolute atomic E-state index is 13.3. The lowest BCUT2D eigenvalue weighted by Crippen LogP contribution is -3.18. The van der Waals surface area contributed by atoms with E-state index in [9.17, 15) is 19.0 Å². The van der Waals surface area contributed by atoms with Crippen molar-refractivity contribution in [3.8, 4) is 0 Å². The van der Waals surface area contributed by atoms with E-state index in [0.29, 0.717) is 6.54 Å². The molecule has 152 valence electrons. The molecule has 28 heavy (non-hydrogen) atoms. The molecule has 0 bridgehead atoms. The molecule has 0 saturated carbocycles. The number of piperidine rings is 1. The van der Waals surface area contributed by atoms with E-state index in [-0.39, 0.29) is 30.9 Å². The number of hydrogen-bond donors (Lipinski definition) is 3. The molecule has 3 N–H and O–H groups in total. The lowest BCUT2D eigenvalue weighted by atomic mass is 10.0. The molecular formula is C22H28F2NO3+. The molecule has 3 rings (SSSR count). The van der Waals surface area contributed by atoms with Crippen molar-refractivity contribution in [2.24, 2.45) is 0 Å². The van der Waals surface area contributed by atoms with E-state index in [4.69, 9.17) is 4.74 Å². The highest BCUT2D eigenvalue weighted by Gasteiger charge is 2.28. The summed E-state index contributed by atoms with van der Waals surface area (Å²) in [6.45, 7) is 1.66. The average molecular weight is 392 g/mol. The van der Waals surface area contributed by atoms with Gasteiger partial charge in [0, 0.05) is 6.42 Å². The number of nitrogens with one attached hydrogen (secondary N) is 1. The summed E-state index contributed by atoms with van der Waals surface area (Å²) in [7, 11) is 0. The first kappa shape index (κ1) is 20.9. The molecule has 1 unspecified atom stereocenters. The summed E-state index contributed by atoms with van der Waals surface area (Å²) in [4.78, 5) is 1.20. The van der Waals surface area contributed by atoms with Gasteiger partial charge in [0.1, 0.15) is 36.4 Å². The number of quaternary nitrogens is 1. The number of ether oxygens (including phenoxy) is 1. The Morgan fingerprint density at radius 1 is 0.964 bits per heavy atom. The molecule has 1 saturated heterocycles. The van der Waals surface area contributed by atoms with E-state index >= 15 is 0 Å². The second-order valence-electron chi connectivity index (χ2n) is 7.46. The molecule has 3 atom stereocenters. The fourth-order valence-corrected chi connectivity index (χ4v) is 3.87. The minimum Gasteiger partial charge on any atom is -0.390 e. The van der Waals surface area contributed by atoms with E-state index in [1.807, 2.05) is 0 Å². The summed E-state index contributed by atoms with van der Waals surface area (Å²) < 4.78 is 32.6. The average Bonchev–Trinajstić information content (AvgIpc) is 2.71. The van der Waals surface area contributed by atoms with E-state index in [1.165, 1.54) is 29.2 Å². The summed E-state index contributed by atoms with van der Waals surface area (Å²) in [6.07, 6.45) is 1.95. The first-order valence-electron chi connectivity index (χ1n) is 9.83. The standard InChI is InChI=1S/C22H27F2NO3/c23-18-8-4-16(5-9-18)22(17-6-10-19(24)11-7-17)28-15-21(27)13-25-12-2-1-3-20(25)14-26/h4-11,20-22,26-27H,1-3,12-15H2/p+1/t20-,21-/m1/s1. The maximum Gasteiger partial charge on any atom is 0.126 e. The van der Waals surface area contributed by atoms with Gasteiger partial charge in [-0.05, 0) is 48.2 Å². The molecule has 2 aromatic rings. The molecule has 1 fully saturated rings. The summed E-state index contributed by atoms with van der Waals surface area (Å²) in [5.41, 5.74) is 1.47. The van der Waals surface area contributed by atoms with Gasteiger partial charge in [0.15, 0.2) is 0 Å². The van der Waals surface area contributed by atoms with Crippen molar-refractivity contribution in [3.63, 3.8) is 0 Å². The molecule has 4 nitrogen and oxygen atoms in total. The summed E-state index contributed by atoms with van der Waals surface area (Å²) in [5.74, 6) is -0.684. The smallest absolute Gasteiger partial charge is 0.126 e. The molecular weight excluding hydrogens is 364 g/mol. The van der Waals surface area contributed by atoms with Crippen molar-refractivity contribution in [2.75, 3.05) is 26.3 Å². The van der Waals surface area contributed by atoms with E-state index in [2.05, 4.69) is 0 Å². The highest BCUT2D eigenvalue weighted by atomic mass is 19.1. The van der Waals surface area contributed by atoms with Crippen LogP contribution in [0.4, 0.5) is 8.78 Å². The summed E-state index contributed by atoms with van der Waals surface area (Å²) in [6, 6.07) is 12.1. The number of aliphatic hydroxyl groups is 2. The number of benzene rings is 2. The third-order valence-electron chi connectivity index (χ3n) is 5.40. The van der Waals surface area contributed by atoms with E-state index < -0.39 is 12.2 Å². The van der Waals surface area contributed by atoms with Gasteiger partial charge < -0.3 is 19.8 Å². The van der Waals surface area contributed by atoms with Gasteiger partial charge in [-0.3, -0.25) is 0 Å². The SMILES string of the molecule is OC[C@H]1CCCC[NH+]1C[C@@H](O)COC(c1ccc(F)cc1)c1ccc(F)cc1. The zero-order valence-corrected chi connectivity index (χ0v) is 15.9. The van der Waals surface area contributed by atoms with Crippen molar-refractivity contribution in [1.82, 2.24) is 0 Å². The van der Waals surface area contributed by atoms with Gasteiger partial charge in [0.25, 0.3) is 0 Å². The zero-order chi connectivity index (χ0) is 19.9. The number of hydrogen-bond acceptors (Lipinski definition) is 3. The van der Waals surface area contributed by atoms with Gasteiger partial charge in [-0.2, -0.15) is 0 Å². The molecule has 0 amide bonds. The second kappa shape index (κ2) is 10.1. The normalized spacial score (nSPS) is 21.0. The Hall–Kier alpha value is -1.86. The predicted molar refractivity (Wildman–Crippen MR) is 102 cm³/mol. The monoisotopic (exact) mass is 392 g/mol. The van der Waals surface area contributed by atoms with Crippen LogP contribution in [0, 0.1) is 11.6 Å². The highest BCUT2D eigenvalue weighted by Crippen LogP contribution is 2.26. The van der Waals surface area contributed by atoms with Crippen LogP contribution in [0.25, 0.3) is 0 Å². The van der Waals surface area contributed by atoms with Crippen LogP contribution in [0.3, 0.4) is 0 Å². The maximum atomic E-state index is 13.3. The van der Waals surface area contributed by atoms with Crippen LogP contribution in [0.1, 0.15) is 36.5 Å². The van der Waals surface area contributed by atoms with Gasteiger partial charge in [0.2, 0.25) is 0 Å². The Kier molecular flexibility index (Phi) is 7.50. The van der Waals surface area contributed by atoms with Crippen LogP contribution in [-0.4, -0.2) is 48.7 Å². The third-order valence-corrected chi connectivity index (χ3v) is 5.40. The van der Waals surface area contributed by atoms with Crippen molar-refractivity contribution in [2.45, 2.75) is 37.5 Å². The molecule has 0 radical (unpaired) electrons. The fourth-order valence-electron chi connectivity index (χ4n) is 3.87. The van der Waals surface area contributed by atoms with Crippen LogP contribution in [0.2, 0.25) is 0 Å². The first-order valence-corrected chi connectivity index (χ1v) is 9.83. The third kappa shape index (κ3) is 5.58. The summed E-state index contributed by atoms with van der Waals surface area (Å²) in [5, 5.41) is 20.0. The number of halogens is 2. The number of aliphatic hydroxyl groups excluding tert-OH is 2. The first-order chi connectivity index (χ1) is 13.6. The molecule has 2 aromatic carbocycles. The van der Waals surface area contributed by atoms with Crippen molar-refractivity contribution >= 4 is 0 Å². The Morgan fingerprint density at radius 2 is 1.54 bits per heavy atom. The largest absolute Gasteiger partial charge is 0.390 e. The Balaban J connectivity index is 1.67. The molecule has 1 aliphatic rings. The zero-order valence-electron chi connectivity index (χ0n) is 15.9. The van der Waals surface area contributed by atoms with Crippen LogP contribution in [0.5, 0.6) is 0 Å². The van der Waals surface area contributed by atoms with Crippen molar-refractivity contribution < 1.29 is 28.6 Å². The predicted octanol–water partition coefficient (Wildman–Crippen LogP) is 1.86. The van der Waals surface area contributed by atoms with E-state index in [0.717, 1.165) is 36.9 Å². The fraction of sp³-hybridized carbons (Fsp3) is 0.455. The van der Waals surface area contributed by atoms with Crippen molar-refractivity contribution in [1.29, 1.82) is 0 Å². The second-order valence-corrected chi connectivity index (χ2v) is 7.46. The van der Waals surface area contributed by atoms with Gasteiger partial charge >= 0.3 is 0 Å². The van der Waals surface area contributed by atoms with Crippen LogP contribution in [-0.2, 0) is 4.74 Å². The number of likely N-dealkylation sites (tertiary alicyclic amines) is 1. The van der Waals surface area contributed by atoms with E-state index in [1.54, 1.807) is 24.3 Å². The van der Waals surface area contributed by atoms with Gasteiger partial charge in [0.05, 0.1) is 19.8 Å². The minimum absolute atomic E-state index is 0.0983. The van der Waals surface area contributed by atoms with Gasteiger partial charge in [-0.25, -0.2) is 8.78 Å². The Labute approximate surface area is 164 Å². The lowest BCUT2D eigenvalue weighted by molar-refractivity contribution is -0.934. The molecule has 1 heterocycles. The van der Waals surface area contributed by atoms with Gasteiger partial charge in [-0.1, -0.05) is 24.3 Å². The molecule has 6 heteroatoms. The van der Waals surface area contributed by atoms with Gasteiger partial charge in [-0.15, -0.1) is 0 Å². The molecule has 1 aliphatic heterocycles.